The highest BCUT2D eigenvalue weighted by molar-refractivity contribution is 5.71. The van der Waals surface area contributed by atoms with Gasteiger partial charge in [-0.3, -0.25) is 4.79 Å². The van der Waals surface area contributed by atoms with Gasteiger partial charge in [-0.05, 0) is 6.92 Å². The highest BCUT2D eigenvalue weighted by atomic mass is 19.4. The summed E-state index contributed by atoms with van der Waals surface area (Å²) in [6.07, 6.45) is -6.71. The number of nitrogens with one attached hydrogen (secondary N) is 1. The van der Waals surface area contributed by atoms with Crippen LogP contribution < -0.4 is 5.53 Å². The zero-order valence-corrected chi connectivity index (χ0v) is 7.78. The van der Waals surface area contributed by atoms with E-state index in [-0.39, 0.29) is 6.61 Å². The van der Waals surface area contributed by atoms with E-state index in [1.165, 1.54) is 0 Å². The number of ether oxygens (including phenoxy) is 1. The lowest BCUT2D eigenvalue weighted by Crippen LogP contribution is -2.48. The smallest absolute Gasteiger partial charge is 0.427 e. The average molecular weight is 226 g/mol. The molecule has 6 nitrogen and oxygen atoms in total. The van der Waals surface area contributed by atoms with Crippen molar-refractivity contribution in [3.8, 4) is 0 Å². The number of hydrazine groups is 1. The molecular formula is C6H9F3N4O2. The number of nitrogens with zero attached hydrogens (tertiary/aromatic N) is 3. The lowest BCUT2D eigenvalue weighted by Gasteiger charge is -2.21. The predicted molar refractivity (Wildman–Crippen MR) is 41.2 cm³/mol. The van der Waals surface area contributed by atoms with Crippen LogP contribution in [0.15, 0.2) is 10.3 Å². The molecule has 0 aromatic heterocycles. The fourth-order valence-corrected chi connectivity index (χ4v) is 0.965. The van der Waals surface area contributed by atoms with Crippen molar-refractivity contribution in [1.82, 2.24) is 10.5 Å². The molecule has 0 spiro atoms. The Morgan fingerprint density at radius 1 is 1.60 bits per heavy atom. The van der Waals surface area contributed by atoms with Crippen LogP contribution >= 0.6 is 0 Å². The number of hydrogen-bond donors (Lipinski definition) is 1. The quantitative estimate of drug-likeness (QED) is 0.716. The fourth-order valence-electron chi connectivity index (χ4n) is 0.965. The molecule has 0 aliphatic carbocycles. The largest absolute Gasteiger partial charge is 0.465 e. The van der Waals surface area contributed by atoms with Crippen LogP contribution in [0, 0.1) is 0 Å². The first-order valence-electron chi connectivity index (χ1n) is 4.09. The maximum atomic E-state index is 12.3. The van der Waals surface area contributed by atoms with Crippen LogP contribution in [0.25, 0.3) is 0 Å². The molecule has 0 amide bonds. The van der Waals surface area contributed by atoms with E-state index < -0.39 is 24.9 Å². The Morgan fingerprint density at radius 3 is 2.80 bits per heavy atom. The van der Waals surface area contributed by atoms with Gasteiger partial charge in [-0.1, -0.05) is 5.22 Å². The van der Waals surface area contributed by atoms with Crippen molar-refractivity contribution < 1.29 is 22.7 Å². The monoisotopic (exact) mass is 226 g/mol. The minimum Gasteiger partial charge on any atom is -0.465 e. The summed E-state index contributed by atoms with van der Waals surface area (Å²) in [5.41, 5.74) is 1.97. The van der Waals surface area contributed by atoms with Gasteiger partial charge in [-0.25, -0.2) is 5.53 Å². The highest BCUT2D eigenvalue weighted by Crippen LogP contribution is 2.27. The Bertz CT molecular complexity index is 268. The van der Waals surface area contributed by atoms with Crippen LogP contribution in [0.2, 0.25) is 0 Å². The van der Waals surface area contributed by atoms with E-state index in [9.17, 15) is 18.0 Å². The molecule has 1 unspecified atom stereocenters. The molecule has 1 aliphatic heterocycles. The molecule has 0 saturated carbocycles. The van der Waals surface area contributed by atoms with Gasteiger partial charge >= 0.3 is 12.1 Å². The summed E-state index contributed by atoms with van der Waals surface area (Å²) in [5, 5.41) is 6.46. The predicted octanol–water partition coefficient (Wildman–Crippen LogP) is 0.625. The van der Waals surface area contributed by atoms with Crippen molar-refractivity contribution in [2.45, 2.75) is 19.3 Å². The minimum absolute atomic E-state index is 0.109. The Hall–Kier alpha value is -1.38. The van der Waals surface area contributed by atoms with Crippen LogP contribution in [-0.2, 0) is 9.53 Å². The van der Waals surface area contributed by atoms with Crippen molar-refractivity contribution in [3.05, 3.63) is 0 Å². The zero-order chi connectivity index (χ0) is 11.5. The summed E-state index contributed by atoms with van der Waals surface area (Å²) in [6.45, 7) is 1.11. The van der Waals surface area contributed by atoms with E-state index in [0.717, 1.165) is 0 Å². The number of halogens is 3. The van der Waals surface area contributed by atoms with Gasteiger partial charge in [0, 0.05) is 0 Å². The van der Waals surface area contributed by atoms with E-state index >= 15 is 0 Å². The van der Waals surface area contributed by atoms with Gasteiger partial charge in [-0.15, -0.1) is 5.11 Å². The topological polar surface area (TPSA) is 66.3 Å². The molecule has 86 valence electrons. The summed E-state index contributed by atoms with van der Waals surface area (Å²) in [6, 6.07) is 0. The molecule has 0 radical (unpaired) electrons. The summed E-state index contributed by atoms with van der Waals surface area (Å²) in [4.78, 5) is 10.9. The van der Waals surface area contributed by atoms with Gasteiger partial charge in [0.05, 0.1) is 6.61 Å². The van der Waals surface area contributed by atoms with Crippen LogP contribution in [0.5, 0.6) is 0 Å². The van der Waals surface area contributed by atoms with E-state index in [4.69, 9.17) is 0 Å². The first-order chi connectivity index (χ1) is 6.95. The van der Waals surface area contributed by atoms with Crippen LogP contribution in [0.4, 0.5) is 13.2 Å². The molecule has 15 heavy (non-hydrogen) atoms. The van der Waals surface area contributed by atoms with Crippen molar-refractivity contribution >= 4 is 5.97 Å². The third-order valence-electron chi connectivity index (χ3n) is 1.53. The molecule has 1 aliphatic rings. The molecular weight excluding hydrogens is 217 g/mol. The molecule has 1 rings (SSSR count). The minimum atomic E-state index is -4.57. The number of rotatable bonds is 3. The van der Waals surface area contributed by atoms with E-state index in [1.807, 2.05) is 5.53 Å². The second-order valence-corrected chi connectivity index (χ2v) is 2.66. The van der Waals surface area contributed by atoms with E-state index in [2.05, 4.69) is 15.1 Å². The zero-order valence-electron chi connectivity index (χ0n) is 7.78. The number of esters is 1. The lowest BCUT2D eigenvalue weighted by molar-refractivity contribution is -0.185. The number of alkyl halides is 3. The molecule has 0 fully saturated rings. The fraction of sp³-hybridized carbons (Fsp3) is 0.833. The molecule has 0 bridgehead atoms. The third kappa shape index (κ3) is 3.05. The molecule has 9 heteroatoms. The highest BCUT2D eigenvalue weighted by Gasteiger charge is 2.47. The summed E-state index contributed by atoms with van der Waals surface area (Å²) in [5.74, 6) is -0.772. The standard InChI is InChI=1S/C6H9F3N4O2/c1-2-15-4(14)3-13-5(6(7,8)9)10-11-12-13/h5H,2-3H2,1H3,(H,10,12). The number of carbonyl (C=O) groups excluding carboxylic acids is 1. The van der Waals surface area contributed by atoms with Gasteiger partial charge in [0.25, 0.3) is 0 Å². The Morgan fingerprint density at radius 2 is 2.27 bits per heavy atom. The first-order valence-corrected chi connectivity index (χ1v) is 4.09. The average Bonchev–Trinajstić information content (AvgIpc) is 2.51. The maximum Gasteiger partial charge on any atom is 0.427 e. The van der Waals surface area contributed by atoms with E-state index in [1.54, 1.807) is 6.92 Å². The van der Waals surface area contributed by atoms with Gasteiger partial charge in [0.15, 0.2) is 0 Å². The summed E-state index contributed by atoms with van der Waals surface area (Å²) >= 11 is 0. The SMILES string of the molecule is CCOC(=O)CN1NN=NC1C(F)(F)F. The molecule has 1 heterocycles. The van der Waals surface area contributed by atoms with Crippen molar-refractivity contribution in [2.24, 2.45) is 10.3 Å². The molecule has 0 aromatic carbocycles. The Labute approximate surface area is 83.0 Å². The summed E-state index contributed by atoms with van der Waals surface area (Å²) in [7, 11) is 0. The Balaban J connectivity index is 2.53. The second kappa shape index (κ2) is 4.43. The molecule has 1 atom stereocenters. The van der Waals surface area contributed by atoms with Crippen molar-refractivity contribution in [3.63, 3.8) is 0 Å². The molecule has 0 saturated heterocycles. The van der Waals surface area contributed by atoms with Crippen molar-refractivity contribution in [2.75, 3.05) is 13.2 Å². The van der Waals surface area contributed by atoms with Crippen LogP contribution in [0.3, 0.4) is 0 Å². The van der Waals surface area contributed by atoms with E-state index in [0.29, 0.717) is 5.01 Å². The van der Waals surface area contributed by atoms with Gasteiger partial charge in [0.1, 0.15) is 6.54 Å². The van der Waals surface area contributed by atoms with Gasteiger partial charge < -0.3 is 4.74 Å². The first kappa shape index (κ1) is 11.7. The van der Waals surface area contributed by atoms with Crippen LogP contribution in [-0.4, -0.2) is 36.5 Å². The Kier molecular flexibility index (Phi) is 3.45. The summed E-state index contributed by atoms with van der Waals surface area (Å²) < 4.78 is 41.3. The molecule has 0 aromatic rings. The molecule has 1 N–H and O–H groups in total. The lowest BCUT2D eigenvalue weighted by atomic mass is 10.4. The van der Waals surface area contributed by atoms with Crippen LogP contribution in [0.1, 0.15) is 6.92 Å². The number of carbonyl (C=O) groups is 1. The van der Waals surface area contributed by atoms with Crippen molar-refractivity contribution in [1.29, 1.82) is 0 Å². The van der Waals surface area contributed by atoms with Gasteiger partial charge in [-0.2, -0.15) is 18.2 Å². The van der Waals surface area contributed by atoms with Gasteiger partial charge in [0.2, 0.25) is 6.17 Å². The maximum absolute atomic E-state index is 12.3. The number of hydrogen-bond acceptors (Lipinski definition) is 6. The third-order valence-corrected chi connectivity index (χ3v) is 1.53. The normalized spacial score (nSPS) is 21.5. The second-order valence-electron chi connectivity index (χ2n) is 2.66.